The van der Waals surface area contributed by atoms with Gasteiger partial charge >= 0.3 is 0 Å². The normalized spacial score (nSPS) is 32.1. The molecule has 0 heterocycles. The summed E-state index contributed by atoms with van der Waals surface area (Å²) in [6, 6.07) is 10.1. The van der Waals surface area contributed by atoms with Crippen LogP contribution in [0.1, 0.15) is 24.3 Å². The third-order valence-electron chi connectivity index (χ3n) is 4.69. The van der Waals surface area contributed by atoms with E-state index in [0.717, 1.165) is 18.4 Å². The molecule has 3 atom stereocenters. The molecule has 0 aromatic heterocycles. The lowest BCUT2D eigenvalue weighted by Gasteiger charge is -2.31. The van der Waals surface area contributed by atoms with Crippen LogP contribution < -0.4 is 0 Å². The topological polar surface area (TPSA) is 26.3 Å². The van der Waals surface area contributed by atoms with Gasteiger partial charge in [-0.1, -0.05) is 54.6 Å². The number of rotatable bonds is 3. The molecule has 1 spiro atoms. The van der Waals surface area contributed by atoms with Crippen LogP contribution in [0.3, 0.4) is 0 Å². The lowest BCUT2D eigenvalue weighted by molar-refractivity contribution is -0.126. The van der Waals surface area contributed by atoms with Crippen molar-refractivity contribution in [1.29, 1.82) is 0 Å². The Morgan fingerprint density at radius 3 is 2.70 bits per heavy atom. The first-order valence-electron chi connectivity index (χ1n) is 7.20. The van der Waals surface area contributed by atoms with Crippen LogP contribution in [0.5, 0.6) is 0 Å². The fourth-order valence-electron chi connectivity index (χ4n) is 3.64. The molecule has 2 nitrogen and oxygen atoms in total. The molecule has 2 aliphatic rings. The van der Waals surface area contributed by atoms with E-state index in [1.165, 1.54) is 0 Å². The van der Waals surface area contributed by atoms with Crippen molar-refractivity contribution in [3.05, 3.63) is 60.2 Å². The number of carbonyl (C=O) groups is 1. The second-order valence-electron chi connectivity index (χ2n) is 5.75. The van der Waals surface area contributed by atoms with Gasteiger partial charge < -0.3 is 4.74 Å². The zero-order chi connectivity index (χ0) is 14.0. The number of hydrogen-bond donors (Lipinski definition) is 0. The number of methoxy groups -OCH3 is 1. The van der Waals surface area contributed by atoms with Gasteiger partial charge in [-0.05, 0) is 24.3 Å². The minimum absolute atomic E-state index is 0.00694. The van der Waals surface area contributed by atoms with E-state index in [9.17, 15) is 4.79 Å². The summed E-state index contributed by atoms with van der Waals surface area (Å²) in [7, 11) is 1.72. The Morgan fingerprint density at radius 1 is 1.25 bits per heavy atom. The average Bonchev–Trinajstić information content (AvgIpc) is 2.76. The van der Waals surface area contributed by atoms with Crippen molar-refractivity contribution in [1.82, 2.24) is 0 Å². The molecule has 3 rings (SSSR count). The van der Waals surface area contributed by atoms with E-state index in [1.54, 1.807) is 7.11 Å². The summed E-state index contributed by atoms with van der Waals surface area (Å²) in [6.45, 7) is 0.646. The minimum atomic E-state index is -0.356. The van der Waals surface area contributed by atoms with Crippen molar-refractivity contribution >= 4 is 5.78 Å². The largest absolute Gasteiger partial charge is 0.384 e. The monoisotopic (exact) mass is 268 g/mol. The van der Waals surface area contributed by atoms with Crippen LogP contribution in [-0.2, 0) is 9.53 Å². The highest BCUT2D eigenvalue weighted by Gasteiger charge is 2.52. The van der Waals surface area contributed by atoms with Crippen molar-refractivity contribution in [3.8, 4) is 0 Å². The molecule has 2 aliphatic carbocycles. The van der Waals surface area contributed by atoms with Crippen molar-refractivity contribution in [3.63, 3.8) is 0 Å². The standard InChI is InChI=1S/C18H20O2/c1-20-13-15-12-16(14-8-4-2-5-9-14)17(19)18(15)10-6-3-7-11-18/h2-10,15-16H,11-13H2,1H3/t15-,16?,18-/m0/s1. The summed E-state index contributed by atoms with van der Waals surface area (Å²) in [5, 5.41) is 0. The molecule has 0 aliphatic heterocycles. The molecular formula is C18H20O2. The van der Waals surface area contributed by atoms with Gasteiger partial charge in [0.1, 0.15) is 0 Å². The Labute approximate surface area is 120 Å². The lowest BCUT2D eigenvalue weighted by Crippen LogP contribution is -2.34. The fourth-order valence-corrected chi connectivity index (χ4v) is 3.64. The molecule has 0 amide bonds. The lowest BCUT2D eigenvalue weighted by atomic mass is 9.72. The minimum Gasteiger partial charge on any atom is -0.384 e. The first-order chi connectivity index (χ1) is 9.78. The van der Waals surface area contributed by atoms with E-state index in [1.807, 2.05) is 30.4 Å². The van der Waals surface area contributed by atoms with Crippen LogP contribution in [-0.4, -0.2) is 19.5 Å². The van der Waals surface area contributed by atoms with Gasteiger partial charge in [-0.25, -0.2) is 0 Å². The number of benzene rings is 1. The van der Waals surface area contributed by atoms with Crippen LogP contribution in [0.25, 0.3) is 0 Å². The summed E-state index contributed by atoms with van der Waals surface area (Å²) < 4.78 is 5.38. The highest BCUT2D eigenvalue weighted by Crippen LogP contribution is 2.52. The maximum Gasteiger partial charge on any atom is 0.150 e. The first-order valence-corrected chi connectivity index (χ1v) is 7.20. The number of ether oxygens (including phenoxy) is 1. The summed E-state index contributed by atoms with van der Waals surface area (Å²) in [5.41, 5.74) is 0.782. The SMILES string of the molecule is COC[C@@H]1CC(c2ccccc2)C(=O)[C@]12C=CC=CC2. The van der Waals surface area contributed by atoms with Gasteiger partial charge in [-0.3, -0.25) is 4.79 Å². The fraction of sp³-hybridized carbons (Fsp3) is 0.389. The zero-order valence-electron chi connectivity index (χ0n) is 11.8. The molecule has 0 radical (unpaired) electrons. The van der Waals surface area contributed by atoms with Gasteiger partial charge in [-0.2, -0.15) is 0 Å². The molecule has 1 aromatic carbocycles. The van der Waals surface area contributed by atoms with Crippen LogP contribution in [0, 0.1) is 11.3 Å². The van der Waals surface area contributed by atoms with E-state index in [0.29, 0.717) is 12.4 Å². The summed E-state index contributed by atoms with van der Waals surface area (Å²) in [4.78, 5) is 13.0. The first kappa shape index (κ1) is 13.3. The Bertz CT molecular complexity index is 544. The predicted molar refractivity (Wildman–Crippen MR) is 79.5 cm³/mol. The average molecular weight is 268 g/mol. The Hall–Kier alpha value is -1.67. The third kappa shape index (κ3) is 2.04. The molecule has 1 aromatic rings. The third-order valence-corrected chi connectivity index (χ3v) is 4.69. The van der Waals surface area contributed by atoms with Crippen LogP contribution in [0.4, 0.5) is 0 Å². The van der Waals surface area contributed by atoms with E-state index < -0.39 is 0 Å². The second-order valence-corrected chi connectivity index (χ2v) is 5.75. The molecule has 2 heteroatoms. The molecule has 1 unspecified atom stereocenters. The highest BCUT2D eigenvalue weighted by molar-refractivity contribution is 5.95. The smallest absolute Gasteiger partial charge is 0.150 e. The van der Waals surface area contributed by atoms with Gasteiger partial charge in [0.05, 0.1) is 12.0 Å². The number of allylic oxidation sites excluding steroid dienone is 4. The Kier molecular flexibility index (Phi) is 3.58. The van der Waals surface area contributed by atoms with Gasteiger partial charge in [0.2, 0.25) is 0 Å². The molecular weight excluding hydrogens is 248 g/mol. The maximum atomic E-state index is 13.0. The predicted octanol–water partition coefficient (Wildman–Crippen LogP) is 3.51. The second kappa shape index (κ2) is 5.37. The molecule has 0 N–H and O–H groups in total. The van der Waals surface area contributed by atoms with Gasteiger partial charge in [0.25, 0.3) is 0 Å². The molecule has 20 heavy (non-hydrogen) atoms. The van der Waals surface area contributed by atoms with Gasteiger partial charge in [-0.15, -0.1) is 0 Å². The van der Waals surface area contributed by atoms with Crippen molar-refractivity contribution < 1.29 is 9.53 Å². The number of carbonyl (C=O) groups excluding carboxylic acids is 1. The Morgan fingerprint density at radius 2 is 2.05 bits per heavy atom. The van der Waals surface area contributed by atoms with E-state index in [4.69, 9.17) is 4.74 Å². The highest BCUT2D eigenvalue weighted by atomic mass is 16.5. The van der Waals surface area contributed by atoms with E-state index in [-0.39, 0.29) is 17.3 Å². The van der Waals surface area contributed by atoms with E-state index in [2.05, 4.69) is 24.3 Å². The number of hydrogen-bond acceptors (Lipinski definition) is 2. The zero-order valence-corrected chi connectivity index (χ0v) is 11.8. The van der Waals surface area contributed by atoms with Crippen LogP contribution in [0.2, 0.25) is 0 Å². The molecule has 1 saturated carbocycles. The van der Waals surface area contributed by atoms with Gasteiger partial charge in [0, 0.05) is 13.0 Å². The molecule has 0 bridgehead atoms. The number of ketones is 1. The van der Waals surface area contributed by atoms with Crippen molar-refractivity contribution in [2.45, 2.75) is 18.8 Å². The van der Waals surface area contributed by atoms with Gasteiger partial charge in [0.15, 0.2) is 5.78 Å². The van der Waals surface area contributed by atoms with Crippen LogP contribution >= 0.6 is 0 Å². The van der Waals surface area contributed by atoms with Crippen molar-refractivity contribution in [2.75, 3.05) is 13.7 Å². The molecule has 1 fully saturated rings. The summed E-state index contributed by atoms with van der Waals surface area (Å²) in [5.74, 6) is 0.630. The summed E-state index contributed by atoms with van der Waals surface area (Å²) in [6.07, 6.45) is 9.93. The summed E-state index contributed by atoms with van der Waals surface area (Å²) >= 11 is 0. The Balaban J connectivity index is 1.96. The van der Waals surface area contributed by atoms with Crippen molar-refractivity contribution in [2.24, 2.45) is 11.3 Å². The molecule has 0 saturated heterocycles. The molecule has 104 valence electrons. The quantitative estimate of drug-likeness (QED) is 0.838. The van der Waals surface area contributed by atoms with E-state index >= 15 is 0 Å². The van der Waals surface area contributed by atoms with Crippen LogP contribution in [0.15, 0.2) is 54.6 Å². The maximum absolute atomic E-state index is 13.0. The number of Topliss-reactive ketones (excluding diaryl/α,β-unsaturated/α-hetero) is 1.